The molecule has 1 N–H and O–H groups in total. The Kier molecular flexibility index (Phi) is 5.59. The predicted octanol–water partition coefficient (Wildman–Crippen LogP) is 4.27. The van der Waals surface area contributed by atoms with Crippen LogP contribution in [0.3, 0.4) is 0 Å². The van der Waals surface area contributed by atoms with Crippen LogP contribution in [0.1, 0.15) is 29.9 Å². The van der Waals surface area contributed by atoms with Crippen LogP contribution in [0.5, 0.6) is 0 Å². The van der Waals surface area contributed by atoms with Crippen molar-refractivity contribution in [3.8, 4) is 0 Å². The molecular formula is C21H22N4O. The highest BCUT2D eigenvalue weighted by Crippen LogP contribution is 2.16. The van der Waals surface area contributed by atoms with Crippen LogP contribution >= 0.6 is 0 Å². The highest BCUT2D eigenvalue weighted by atomic mass is 16.2. The number of amides is 1. The average molecular weight is 346 g/mol. The Morgan fingerprint density at radius 3 is 2.31 bits per heavy atom. The number of hydrogen-bond donors (Lipinski definition) is 1. The highest BCUT2D eigenvalue weighted by molar-refractivity contribution is 5.93. The summed E-state index contributed by atoms with van der Waals surface area (Å²) >= 11 is 0. The van der Waals surface area contributed by atoms with Crippen molar-refractivity contribution in [3.05, 3.63) is 84.3 Å². The maximum absolute atomic E-state index is 13.0. The van der Waals surface area contributed by atoms with E-state index in [2.05, 4.69) is 15.3 Å². The van der Waals surface area contributed by atoms with Crippen LogP contribution in [-0.2, 0) is 6.54 Å². The van der Waals surface area contributed by atoms with Crippen molar-refractivity contribution < 1.29 is 4.79 Å². The largest absolute Gasteiger partial charge is 0.340 e. The molecule has 132 valence electrons. The van der Waals surface area contributed by atoms with E-state index < -0.39 is 0 Å². The molecule has 0 atom stereocenters. The summed E-state index contributed by atoms with van der Waals surface area (Å²) in [6.45, 7) is 4.55. The number of para-hydroxylation sites is 1. The van der Waals surface area contributed by atoms with Gasteiger partial charge < -0.3 is 10.2 Å². The fourth-order valence-electron chi connectivity index (χ4n) is 2.63. The zero-order chi connectivity index (χ0) is 18.4. The van der Waals surface area contributed by atoms with E-state index in [4.69, 9.17) is 0 Å². The summed E-state index contributed by atoms with van der Waals surface area (Å²) in [4.78, 5) is 23.2. The number of benzene rings is 2. The summed E-state index contributed by atoms with van der Waals surface area (Å²) in [5.74, 6) is 0.486. The van der Waals surface area contributed by atoms with E-state index in [1.807, 2.05) is 79.4 Å². The second kappa shape index (κ2) is 8.25. The molecule has 1 amide bonds. The van der Waals surface area contributed by atoms with Gasteiger partial charge in [0.25, 0.3) is 5.91 Å². The van der Waals surface area contributed by atoms with Crippen molar-refractivity contribution in [2.75, 3.05) is 5.32 Å². The molecule has 1 aromatic heterocycles. The summed E-state index contributed by atoms with van der Waals surface area (Å²) in [7, 11) is 0. The summed E-state index contributed by atoms with van der Waals surface area (Å²) in [6.07, 6.45) is 1.42. The Morgan fingerprint density at radius 1 is 1.00 bits per heavy atom. The fourth-order valence-corrected chi connectivity index (χ4v) is 2.63. The molecular weight excluding hydrogens is 324 g/mol. The monoisotopic (exact) mass is 346 g/mol. The van der Waals surface area contributed by atoms with E-state index in [-0.39, 0.29) is 11.9 Å². The Bertz CT molecular complexity index is 850. The minimum absolute atomic E-state index is 0.0585. The van der Waals surface area contributed by atoms with Gasteiger partial charge in [0.2, 0.25) is 0 Å². The first kappa shape index (κ1) is 17.6. The minimum atomic E-state index is -0.109. The third kappa shape index (κ3) is 4.45. The van der Waals surface area contributed by atoms with Crippen molar-refractivity contribution in [3.63, 3.8) is 0 Å². The molecule has 0 bridgehead atoms. The molecule has 0 unspecified atom stereocenters. The summed E-state index contributed by atoms with van der Waals surface area (Å²) < 4.78 is 0. The Morgan fingerprint density at radius 2 is 1.65 bits per heavy atom. The maximum Gasteiger partial charge on any atom is 0.273 e. The summed E-state index contributed by atoms with van der Waals surface area (Å²) in [5, 5.41) is 3.20. The molecule has 0 aliphatic carbocycles. The van der Waals surface area contributed by atoms with E-state index in [9.17, 15) is 4.79 Å². The third-order valence-electron chi connectivity index (χ3n) is 4.01. The van der Waals surface area contributed by atoms with E-state index in [1.54, 1.807) is 6.07 Å². The van der Waals surface area contributed by atoms with Crippen LogP contribution in [0.15, 0.2) is 73.1 Å². The number of anilines is 2. The second-order valence-electron chi connectivity index (χ2n) is 6.29. The fraction of sp³-hybridized carbons (Fsp3) is 0.190. The van der Waals surface area contributed by atoms with Gasteiger partial charge in [0.1, 0.15) is 17.8 Å². The lowest BCUT2D eigenvalue weighted by Gasteiger charge is -2.26. The van der Waals surface area contributed by atoms with E-state index in [1.165, 1.54) is 6.33 Å². The Hall–Kier alpha value is -3.21. The van der Waals surface area contributed by atoms with Crippen molar-refractivity contribution in [2.45, 2.75) is 26.4 Å². The molecule has 0 saturated carbocycles. The number of carbonyl (C=O) groups excluding carboxylic acids is 1. The number of carbonyl (C=O) groups is 1. The van der Waals surface area contributed by atoms with Crippen LogP contribution in [0, 0.1) is 0 Å². The molecule has 3 aromatic rings. The van der Waals surface area contributed by atoms with Crippen molar-refractivity contribution >= 4 is 17.4 Å². The molecule has 0 radical (unpaired) electrons. The third-order valence-corrected chi connectivity index (χ3v) is 4.01. The zero-order valence-corrected chi connectivity index (χ0v) is 15.0. The molecule has 3 rings (SSSR count). The average Bonchev–Trinajstić information content (AvgIpc) is 2.67. The van der Waals surface area contributed by atoms with E-state index in [0.29, 0.717) is 18.1 Å². The number of nitrogens with one attached hydrogen (secondary N) is 1. The number of hydrogen-bond acceptors (Lipinski definition) is 4. The second-order valence-corrected chi connectivity index (χ2v) is 6.29. The lowest BCUT2D eigenvalue weighted by Crippen LogP contribution is -2.36. The van der Waals surface area contributed by atoms with Gasteiger partial charge in [-0.3, -0.25) is 4.79 Å². The topological polar surface area (TPSA) is 58.1 Å². The van der Waals surface area contributed by atoms with Gasteiger partial charge in [-0.2, -0.15) is 0 Å². The number of rotatable bonds is 6. The Balaban J connectivity index is 1.79. The van der Waals surface area contributed by atoms with Crippen LogP contribution in [0.25, 0.3) is 0 Å². The quantitative estimate of drug-likeness (QED) is 0.724. The molecule has 0 aliphatic rings. The molecule has 26 heavy (non-hydrogen) atoms. The zero-order valence-electron chi connectivity index (χ0n) is 15.0. The van der Waals surface area contributed by atoms with Gasteiger partial charge in [-0.1, -0.05) is 48.5 Å². The van der Waals surface area contributed by atoms with Crippen LogP contribution < -0.4 is 5.32 Å². The lowest BCUT2D eigenvalue weighted by molar-refractivity contribution is 0.0684. The van der Waals surface area contributed by atoms with Gasteiger partial charge in [0, 0.05) is 24.3 Å². The standard InChI is InChI=1S/C21H22N4O/c1-16(2)25(14-17-9-5-3-6-10-17)21(26)19-13-20(23-15-22-19)24-18-11-7-4-8-12-18/h3-13,15-16H,14H2,1-2H3,(H,22,23,24). The SMILES string of the molecule is CC(C)N(Cc1ccccc1)C(=O)c1cc(Nc2ccccc2)ncn1. The van der Waals surface area contributed by atoms with Crippen LogP contribution in [-0.4, -0.2) is 26.8 Å². The van der Waals surface area contributed by atoms with Gasteiger partial charge in [-0.25, -0.2) is 9.97 Å². The minimum Gasteiger partial charge on any atom is -0.340 e. The molecule has 5 nitrogen and oxygen atoms in total. The summed E-state index contributed by atoms with van der Waals surface area (Å²) in [5.41, 5.74) is 2.38. The van der Waals surface area contributed by atoms with Gasteiger partial charge in [-0.05, 0) is 31.5 Å². The van der Waals surface area contributed by atoms with Crippen molar-refractivity contribution in [2.24, 2.45) is 0 Å². The van der Waals surface area contributed by atoms with Gasteiger partial charge in [0.15, 0.2) is 0 Å². The van der Waals surface area contributed by atoms with Crippen molar-refractivity contribution in [1.29, 1.82) is 0 Å². The van der Waals surface area contributed by atoms with Crippen molar-refractivity contribution in [1.82, 2.24) is 14.9 Å². The Labute approximate surface area is 153 Å². The molecule has 5 heteroatoms. The van der Waals surface area contributed by atoms with Gasteiger partial charge >= 0.3 is 0 Å². The lowest BCUT2D eigenvalue weighted by atomic mass is 10.1. The number of nitrogens with zero attached hydrogens (tertiary/aromatic N) is 3. The first-order valence-corrected chi connectivity index (χ1v) is 8.62. The number of aromatic nitrogens is 2. The smallest absolute Gasteiger partial charge is 0.273 e. The van der Waals surface area contributed by atoms with Gasteiger partial charge in [-0.15, -0.1) is 0 Å². The normalized spacial score (nSPS) is 10.6. The maximum atomic E-state index is 13.0. The predicted molar refractivity (Wildman–Crippen MR) is 103 cm³/mol. The molecule has 0 aliphatic heterocycles. The first-order chi connectivity index (χ1) is 12.6. The summed E-state index contributed by atoms with van der Waals surface area (Å²) in [6, 6.07) is 21.4. The molecule has 0 spiro atoms. The van der Waals surface area contributed by atoms with E-state index >= 15 is 0 Å². The van der Waals surface area contributed by atoms with Crippen LogP contribution in [0.2, 0.25) is 0 Å². The van der Waals surface area contributed by atoms with Gasteiger partial charge in [0.05, 0.1) is 0 Å². The molecule has 0 saturated heterocycles. The van der Waals surface area contributed by atoms with Crippen LogP contribution in [0.4, 0.5) is 11.5 Å². The first-order valence-electron chi connectivity index (χ1n) is 8.62. The van der Waals surface area contributed by atoms with E-state index in [0.717, 1.165) is 11.3 Å². The molecule has 1 heterocycles. The highest BCUT2D eigenvalue weighted by Gasteiger charge is 2.20. The molecule has 2 aromatic carbocycles. The molecule has 0 fully saturated rings.